The summed E-state index contributed by atoms with van der Waals surface area (Å²) in [5.74, 6) is 1.11. The van der Waals surface area contributed by atoms with Gasteiger partial charge < -0.3 is 20.3 Å². The molecule has 0 aromatic carbocycles. The van der Waals surface area contributed by atoms with Gasteiger partial charge in [-0.05, 0) is 12.1 Å². The molecule has 86 valence electrons. The zero-order chi connectivity index (χ0) is 11.5. The Morgan fingerprint density at radius 3 is 2.88 bits per heavy atom. The van der Waals surface area contributed by atoms with Crippen molar-refractivity contribution in [3.05, 3.63) is 35.7 Å². The summed E-state index contributed by atoms with van der Waals surface area (Å²) in [5.41, 5.74) is 6.39. The number of aromatic nitrogens is 1. The molecular weight excluding hydrogens is 208 g/mol. The van der Waals surface area contributed by atoms with Gasteiger partial charge in [0.05, 0.1) is 13.7 Å². The first-order chi connectivity index (χ1) is 7.74. The van der Waals surface area contributed by atoms with Crippen LogP contribution in [0.5, 0.6) is 0 Å². The average Bonchev–Trinajstić information content (AvgIpc) is 2.73. The zero-order valence-corrected chi connectivity index (χ0v) is 8.96. The van der Waals surface area contributed by atoms with Crippen LogP contribution in [0.25, 0.3) is 0 Å². The van der Waals surface area contributed by atoms with Crippen molar-refractivity contribution >= 4 is 5.82 Å². The SMILES string of the molecule is COC1=CC(c2ccc(N)nc2)OC1CO. The van der Waals surface area contributed by atoms with Crippen LogP contribution in [0.1, 0.15) is 11.7 Å². The second kappa shape index (κ2) is 4.51. The van der Waals surface area contributed by atoms with Crippen molar-refractivity contribution in [2.45, 2.75) is 12.2 Å². The van der Waals surface area contributed by atoms with Gasteiger partial charge in [-0.1, -0.05) is 6.07 Å². The van der Waals surface area contributed by atoms with Crippen LogP contribution in [0.15, 0.2) is 30.2 Å². The lowest BCUT2D eigenvalue weighted by Crippen LogP contribution is -2.17. The van der Waals surface area contributed by atoms with Gasteiger partial charge in [0.25, 0.3) is 0 Å². The van der Waals surface area contributed by atoms with Crippen LogP contribution >= 0.6 is 0 Å². The molecule has 1 aromatic heterocycles. The molecule has 16 heavy (non-hydrogen) atoms. The number of aliphatic hydroxyl groups excluding tert-OH is 1. The molecule has 0 fully saturated rings. The van der Waals surface area contributed by atoms with Gasteiger partial charge in [0.15, 0.2) is 0 Å². The Morgan fingerprint density at radius 1 is 1.56 bits per heavy atom. The largest absolute Gasteiger partial charge is 0.498 e. The van der Waals surface area contributed by atoms with E-state index in [0.29, 0.717) is 11.6 Å². The Bertz CT molecular complexity index is 389. The van der Waals surface area contributed by atoms with Crippen LogP contribution in [0.4, 0.5) is 5.82 Å². The third kappa shape index (κ3) is 2.00. The van der Waals surface area contributed by atoms with E-state index in [0.717, 1.165) is 5.56 Å². The maximum atomic E-state index is 9.09. The number of rotatable bonds is 3. The molecule has 5 heteroatoms. The molecule has 0 spiro atoms. The van der Waals surface area contributed by atoms with Gasteiger partial charge in [-0.3, -0.25) is 0 Å². The molecule has 1 aliphatic rings. The molecule has 0 saturated heterocycles. The normalized spacial score (nSPS) is 24.2. The molecule has 0 radical (unpaired) electrons. The third-order valence-electron chi connectivity index (χ3n) is 2.48. The summed E-state index contributed by atoms with van der Waals surface area (Å²) in [6.45, 7) is -0.0986. The summed E-state index contributed by atoms with van der Waals surface area (Å²) in [4.78, 5) is 3.99. The smallest absolute Gasteiger partial charge is 0.138 e. The Kier molecular flexibility index (Phi) is 3.07. The summed E-state index contributed by atoms with van der Waals surface area (Å²) in [6, 6.07) is 3.56. The van der Waals surface area contributed by atoms with E-state index in [9.17, 15) is 0 Å². The summed E-state index contributed by atoms with van der Waals surface area (Å²) < 4.78 is 10.7. The van der Waals surface area contributed by atoms with E-state index in [2.05, 4.69) is 4.98 Å². The number of hydrogen-bond acceptors (Lipinski definition) is 5. The fraction of sp³-hybridized carbons (Fsp3) is 0.364. The molecule has 1 aromatic rings. The Hall–Kier alpha value is -1.59. The lowest BCUT2D eigenvalue weighted by Gasteiger charge is -2.13. The highest BCUT2D eigenvalue weighted by Crippen LogP contribution is 2.31. The van der Waals surface area contributed by atoms with E-state index in [1.165, 1.54) is 0 Å². The number of pyridine rings is 1. The van der Waals surface area contributed by atoms with Crippen molar-refractivity contribution < 1.29 is 14.6 Å². The van der Waals surface area contributed by atoms with Crippen molar-refractivity contribution in [1.82, 2.24) is 4.98 Å². The highest BCUT2D eigenvalue weighted by molar-refractivity contribution is 5.32. The number of methoxy groups -OCH3 is 1. The van der Waals surface area contributed by atoms with Gasteiger partial charge in [0.1, 0.15) is 23.8 Å². The van der Waals surface area contributed by atoms with Crippen molar-refractivity contribution in [1.29, 1.82) is 0 Å². The van der Waals surface area contributed by atoms with E-state index in [-0.39, 0.29) is 12.7 Å². The maximum absolute atomic E-state index is 9.09. The van der Waals surface area contributed by atoms with Crippen LogP contribution in [0.2, 0.25) is 0 Å². The first-order valence-electron chi connectivity index (χ1n) is 4.98. The molecule has 2 unspecified atom stereocenters. The maximum Gasteiger partial charge on any atom is 0.138 e. The molecule has 0 saturated carbocycles. The van der Waals surface area contributed by atoms with Gasteiger partial charge in [0.2, 0.25) is 0 Å². The molecule has 2 rings (SSSR count). The van der Waals surface area contributed by atoms with Crippen molar-refractivity contribution in [3.8, 4) is 0 Å². The zero-order valence-electron chi connectivity index (χ0n) is 8.96. The molecular formula is C11H14N2O3. The number of hydrogen-bond donors (Lipinski definition) is 2. The van der Waals surface area contributed by atoms with Gasteiger partial charge in [-0.15, -0.1) is 0 Å². The minimum Gasteiger partial charge on any atom is -0.498 e. The highest BCUT2D eigenvalue weighted by atomic mass is 16.6. The standard InChI is InChI=1S/C11H14N2O3/c1-15-9-4-8(16-10(9)6-14)7-2-3-11(12)13-5-7/h2-5,8,10,14H,6H2,1H3,(H2,12,13). The minimum atomic E-state index is -0.396. The predicted octanol–water partition coefficient (Wildman–Crippen LogP) is 0.626. The average molecular weight is 222 g/mol. The van der Waals surface area contributed by atoms with E-state index in [1.54, 1.807) is 19.4 Å². The quantitative estimate of drug-likeness (QED) is 0.784. The lowest BCUT2D eigenvalue weighted by atomic mass is 10.1. The van der Waals surface area contributed by atoms with Crippen LogP contribution in [0, 0.1) is 0 Å². The molecule has 5 nitrogen and oxygen atoms in total. The lowest BCUT2D eigenvalue weighted by molar-refractivity contribution is 0.00114. The third-order valence-corrected chi connectivity index (χ3v) is 2.48. The fourth-order valence-electron chi connectivity index (χ4n) is 1.63. The van der Waals surface area contributed by atoms with Crippen molar-refractivity contribution in [2.24, 2.45) is 0 Å². The van der Waals surface area contributed by atoms with Gasteiger partial charge >= 0.3 is 0 Å². The number of ether oxygens (including phenoxy) is 2. The van der Waals surface area contributed by atoms with E-state index in [4.69, 9.17) is 20.3 Å². The van der Waals surface area contributed by atoms with Gasteiger partial charge in [-0.2, -0.15) is 0 Å². The van der Waals surface area contributed by atoms with Crippen LogP contribution in [-0.2, 0) is 9.47 Å². The van der Waals surface area contributed by atoms with Crippen LogP contribution in [-0.4, -0.2) is 29.9 Å². The topological polar surface area (TPSA) is 77.6 Å². The van der Waals surface area contributed by atoms with E-state index in [1.807, 2.05) is 12.1 Å². The molecule has 2 atom stereocenters. The number of nitrogens with two attached hydrogens (primary N) is 1. The van der Waals surface area contributed by atoms with Crippen molar-refractivity contribution in [3.63, 3.8) is 0 Å². The Morgan fingerprint density at radius 2 is 2.38 bits per heavy atom. The summed E-state index contributed by atoms with van der Waals surface area (Å²) in [6.07, 6.45) is 2.85. The summed E-state index contributed by atoms with van der Waals surface area (Å²) in [7, 11) is 1.56. The molecule has 0 aliphatic carbocycles. The first kappa shape index (κ1) is 10.9. The Labute approximate surface area is 93.5 Å². The van der Waals surface area contributed by atoms with Crippen LogP contribution < -0.4 is 5.73 Å². The summed E-state index contributed by atoms with van der Waals surface area (Å²) >= 11 is 0. The number of nitrogen functional groups attached to an aromatic ring is 1. The van der Waals surface area contributed by atoms with Crippen LogP contribution in [0.3, 0.4) is 0 Å². The minimum absolute atomic E-state index is 0.0986. The summed E-state index contributed by atoms with van der Waals surface area (Å²) in [5, 5.41) is 9.09. The fourth-order valence-corrected chi connectivity index (χ4v) is 1.63. The van der Waals surface area contributed by atoms with Gasteiger partial charge in [-0.25, -0.2) is 4.98 Å². The van der Waals surface area contributed by atoms with E-state index < -0.39 is 6.10 Å². The Balaban J connectivity index is 2.18. The molecule has 3 N–H and O–H groups in total. The number of nitrogens with zero attached hydrogens (tertiary/aromatic N) is 1. The predicted molar refractivity (Wildman–Crippen MR) is 58.4 cm³/mol. The molecule has 2 heterocycles. The monoisotopic (exact) mass is 222 g/mol. The second-order valence-corrected chi connectivity index (χ2v) is 3.52. The van der Waals surface area contributed by atoms with Crippen molar-refractivity contribution in [2.75, 3.05) is 19.5 Å². The van der Waals surface area contributed by atoms with E-state index >= 15 is 0 Å². The second-order valence-electron chi connectivity index (χ2n) is 3.52. The number of anilines is 1. The number of aliphatic hydroxyl groups is 1. The highest BCUT2D eigenvalue weighted by Gasteiger charge is 2.28. The molecule has 0 amide bonds. The molecule has 0 bridgehead atoms. The molecule has 1 aliphatic heterocycles. The first-order valence-corrected chi connectivity index (χ1v) is 4.98. The van der Waals surface area contributed by atoms with Gasteiger partial charge in [0, 0.05) is 11.8 Å².